The Morgan fingerprint density at radius 3 is 2.69 bits per heavy atom. The molecular weight excluding hydrogens is 204 g/mol. The number of hydrogen-bond acceptors (Lipinski definition) is 4. The highest BCUT2D eigenvalue weighted by Gasteiger charge is 2.22. The number of hydrogen-bond donors (Lipinski definition) is 1. The molecule has 0 spiro atoms. The molecule has 4 heteroatoms. The number of furan rings is 1. The Balaban J connectivity index is 1.98. The minimum atomic E-state index is 0.303. The molecule has 4 nitrogen and oxygen atoms in total. The van der Waals surface area contributed by atoms with Crippen LogP contribution in [-0.2, 0) is 17.8 Å². The van der Waals surface area contributed by atoms with E-state index in [4.69, 9.17) is 14.9 Å². The average Bonchev–Trinajstić information content (AvgIpc) is 2.63. The van der Waals surface area contributed by atoms with Gasteiger partial charge in [0.1, 0.15) is 5.76 Å². The molecule has 1 aliphatic rings. The maximum absolute atomic E-state index is 5.70. The molecule has 0 aromatic carbocycles. The molecule has 1 aromatic rings. The number of rotatable bonds is 3. The third-order valence-electron chi connectivity index (χ3n) is 2.91. The molecule has 1 aromatic heterocycles. The van der Waals surface area contributed by atoms with Crippen LogP contribution < -0.4 is 5.73 Å². The first kappa shape index (κ1) is 11.6. The van der Waals surface area contributed by atoms with E-state index < -0.39 is 0 Å². The minimum absolute atomic E-state index is 0.303. The van der Waals surface area contributed by atoms with Gasteiger partial charge < -0.3 is 14.9 Å². The summed E-state index contributed by atoms with van der Waals surface area (Å²) in [7, 11) is 0. The van der Waals surface area contributed by atoms with Gasteiger partial charge in [-0.3, -0.25) is 4.90 Å². The molecule has 0 unspecified atom stereocenters. The SMILES string of the molecule is C[C@@H]1CN(Cc2ccoc2CN)C[C@H](C)O1. The van der Waals surface area contributed by atoms with Gasteiger partial charge in [-0.05, 0) is 19.9 Å². The van der Waals surface area contributed by atoms with Crippen LogP contribution in [-0.4, -0.2) is 30.2 Å². The van der Waals surface area contributed by atoms with Gasteiger partial charge in [-0.1, -0.05) is 0 Å². The molecule has 0 aliphatic carbocycles. The van der Waals surface area contributed by atoms with Crippen molar-refractivity contribution in [2.75, 3.05) is 13.1 Å². The standard InChI is InChI=1S/C12H20N2O2/c1-9-6-14(7-10(2)16-9)8-11-3-4-15-12(11)5-13/h3-4,9-10H,5-8,13H2,1-2H3/t9-,10+. The smallest absolute Gasteiger partial charge is 0.121 e. The fourth-order valence-corrected chi connectivity index (χ4v) is 2.34. The topological polar surface area (TPSA) is 51.6 Å². The number of nitrogens with zero attached hydrogens (tertiary/aromatic N) is 1. The van der Waals surface area contributed by atoms with Crippen molar-refractivity contribution in [3.8, 4) is 0 Å². The van der Waals surface area contributed by atoms with Crippen molar-refractivity contribution in [1.82, 2.24) is 4.90 Å². The molecule has 1 saturated heterocycles. The molecular formula is C12H20N2O2. The average molecular weight is 224 g/mol. The van der Waals surface area contributed by atoms with Crippen molar-refractivity contribution in [2.24, 2.45) is 5.73 Å². The molecule has 0 saturated carbocycles. The second-order valence-corrected chi connectivity index (χ2v) is 4.52. The van der Waals surface area contributed by atoms with Crippen LogP contribution in [0.3, 0.4) is 0 Å². The molecule has 1 aliphatic heterocycles. The number of morpholine rings is 1. The molecule has 90 valence electrons. The van der Waals surface area contributed by atoms with E-state index in [0.717, 1.165) is 25.4 Å². The maximum atomic E-state index is 5.70. The summed E-state index contributed by atoms with van der Waals surface area (Å²) in [6.45, 7) is 7.54. The van der Waals surface area contributed by atoms with Crippen molar-refractivity contribution in [1.29, 1.82) is 0 Å². The van der Waals surface area contributed by atoms with Gasteiger partial charge in [0.2, 0.25) is 0 Å². The Kier molecular flexibility index (Phi) is 3.63. The zero-order valence-corrected chi connectivity index (χ0v) is 9.98. The highest BCUT2D eigenvalue weighted by molar-refractivity contribution is 5.16. The summed E-state index contributed by atoms with van der Waals surface area (Å²) in [5.74, 6) is 0.895. The predicted molar refractivity (Wildman–Crippen MR) is 61.9 cm³/mol. The van der Waals surface area contributed by atoms with Crippen LogP contribution in [0, 0.1) is 0 Å². The summed E-state index contributed by atoms with van der Waals surface area (Å²) >= 11 is 0. The molecule has 2 heterocycles. The highest BCUT2D eigenvalue weighted by atomic mass is 16.5. The quantitative estimate of drug-likeness (QED) is 0.842. The first-order valence-corrected chi connectivity index (χ1v) is 5.82. The lowest BCUT2D eigenvalue weighted by Crippen LogP contribution is -2.44. The van der Waals surface area contributed by atoms with Gasteiger partial charge in [-0.15, -0.1) is 0 Å². The van der Waals surface area contributed by atoms with Crippen LogP contribution in [0.5, 0.6) is 0 Å². The third kappa shape index (κ3) is 2.64. The Hall–Kier alpha value is -0.840. The zero-order valence-electron chi connectivity index (χ0n) is 9.98. The Labute approximate surface area is 96.4 Å². The van der Waals surface area contributed by atoms with Crippen molar-refractivity contribution in [3.63, 3.8) is 0 Å². The van der Waals surface area contributed by atoms with Gasteiger partial charge >= 0.3 is 0 Å². The number of nitrogens with two attached hydrogens (primary N) is 1. The van der Waals surface area contributed by atoms with E-state index >= 15 is 0 Å². The molecule has 16 heavy (non-hydrogen) atoms. The van der Waals surface area contributed by atoms with E-state index in [2.05, 4.69) is 18.7 Å². The van der Waals surface area contributed by atoms with Gasteiger partial charge in [0.05, 0.1) is 25.0 Å². The largest absolute Gasteiger partial charge is 0.468 e. The lowest BCUT2D eigenvalue weighted by atomic mass is 10.2. The minimum Gasteiger partial charge on any atom is -0.468 e. The molecule has 2 N–H and O–H groups in total. The van der Waals surface area contributed by atoms with Crippen LogP contribution >= 0.6 is 0 Å². The van der Waals surface area contributed by atoms with E-state index in [-0.39, 0.29) is 0 Å². The van der Waals surface area contributed by atoms with Gasteiger partial charge in [0.25, 0.3) is 0 Å². The van der Waals surface area contributed by atoms with Crippen LogP contribution in [0.4, 0.5) is 0 Å². The van der Waals surface area contributed by atoms with E-state index in [0.29, 0.717) is 18.8 Å². The molecule has 2 atom stereocenters. The Bertz CT molecular complexity index is 328. The lowest BCUT2D eigenvalue weighted by Gasteiger charge is -2.35. The van der Waals surface area contributed by atoms with E-state index in [1.165, 1.54) is 5.56 Å². The molecule has 0 bridgehead atoms. The summed E-state index contributed by atoms with van der Waals surface area (Å²) < 4.78 is 11.0. The van der Waals surface area contributed by atoms with Gasteiger partial charge in [-0.2, -0.15) is 0 Å². The summed E-state index contributed by atoms with van der Waals surface area (Å²) in [4.78, 5) is 2.39. The van der Waals surface area contributed by atoms with Crippen molar-refractivity contribution >= 4 is 0 Å². The van der Waals surface area contributed by atoms with Crippen LogP contribution in [0.1, 0.15) is 25.2 Å². The Morgan fingerprint density at radius 2 is 2.06 bits per heavy atom. The first-order chi connectivity index (χ1) is 7.69. The molecule has 2 rings (SSSR count). The first-order valence-electron chi connectivity index (χ1n) is 5.82. The highest BCUT2D eigenvalue weighted by Crippen LogP contribution is 2.17. The van der Waals surface area contributed by atoms with Gasteiger partial charge in [0.15, 0.2) is 0 Å². The molecule has 0 radical (unpaired) electrons. The summed E-state index contributed by atoms with van der Waals surface area (Å²) in [6, 6.07) is 2.01. The number of ether oxygens (including phenoxy) is 1. The monoisotopic (exact) mass is 224 g/mol. The van der Waals surface area contributed by atoms with Crippen molar-refractivity contribution in [3.05, 3.63) is 23.7 Å². The van der Waals surface area contributed by atoms with E-state index in [9.17, 15) is 0 Å². The fourth-order valence-electron chi connectivity index (χ4n) is 2.34. The maximum Gasteiger partial charge on any atom is 0.121 e. The van der Waals surface area contributed by atoms with Gasteiger partial charge in [0, 0.05) is 25.2 Å². The lowest BCUT2D eigenvalue weighted by molar-refractivity contribution is -0.0705. The normalized spacial score (nSPS) is 27.2. The zero-order chi connectivity index (χ0) is 11.5. The summed E-state index contributed by atoms with van der Waals surface area (Å²) in [6.07, 6.45) is 2.32. The fraction of sp³-hybridized carbons (Fsp3) is 0.667. The van der Waals surface area contributed by atoms with E-state index in [1.807, 2.05) is 6.07 Å². The van der Waals surface area contributed by atoms with Gasteiger partial charge in [-0.25, -0.2) is 0 Å². The summed E-state index contributed by atoms with van der Waals surface area (Å²) in [5, 5.41) is 0. The van der Waals surface area contributed by atoms with Crippen LogP contribution in [0.2, 0.25) is 0 Å². The second-order valence-electron chi connectivity index (χ2n) is 4.52. The predicted octanol–water partition coefficient (Wildman–Crippen LogP) is 1.35. The Morgan fingerprint density at radius 1 is 1.38 bits per heavy atom. The van der Waals surface area contributed by atoms with Crippen molar-refractivity contribution < 1.29 is 9.15 Å². The van der Waals surface area contributed by atoms with Crippen molar-refractivity contribution in [2.45, 2.75) is 39.1 Å². The second kappa shape index (κ2) is 4.99. The molecule has 0 amide bonds. The van der Waals surface area contributed by atoms with Crippen LogP contribution in [0.25, 0.3) is 0 Å². The van der Waals surface area contributed by atoms with Crippen LogP contribution in [0.15, 0.2) is 16.7 Å². The summed E-state index contributed by atoms with van der Waals surface area (Å²) in [5.41, 5.74) is 6.82. The molecule has 1 fully saturated rings. The van der Waals surface area contributed by atoms with E-state index in [1.54, 1.807) is 6.26 Å². The third-order valence-corrected chi connectivity index (χ3v) is 2.91.